The summed E-state index contributed by atoms with van der Waals surface area (Å²) in [6, 6.07) is 13.1. The molecule has 0 radical (unpaired) electrons. The lowest BCUT2D eigenvalue weighted by molar-refractivity contribution is -0.123. The van der Waals surface area contributed by atoms with Gasteiger partial charge in [-0.05, 0) is 44.0 Å². The van der Waals surface area contributed by atoms with Gasteiger partial charge in [-0.2, -0.15) is 0 Å². The maximum Gasteiger partial charge on any atom is 0.339 e. The van der Waals surface area contributed by atoms with Gasteiger partial charge in [0.15, 0.2) is 6.10 Å². The molecule has 1 heterocycles. The number of carbonyl (C=O) groups excluding carboxylic acids is 2. The average Bonchev–Trinajstić information content (AvgIpc) is 2.68. The number of nitrogens with zero attached hydrogens (tertiary/aromatic N) is 1. The number of hydrogen-bond donors (Lipinski definition) is 1. The van der Waals surface area contributed by atoms with Gasteiger partial charge in [-0.25, -0.2) is 9.18 Å². The van der Waals surface area contributed by atoms with Crippen molar-refractivity contribution >= 4 is 28.5 Å². The number of pyridine rings is 1. The molecule has 1 aromatic heterocycles. The Balaban J connectivity index is 1.85. The Morgan fingerprint density at radius 1 is 1.14 bits per heavy atom. The number of fused-ring (bicyclic) bond motifs is 1. The second-order valence-corrected chi connectivity index (χ2v) is 6.45. The van der Waals surface area contributed by atoms with Gasteiger partial charge in [0, 0.05) is 11.1 Å². The Morgan fingerprint density at radius 2 is 1.82 bits per heavy atom. The van der Waals surface area contributed by atoms with E-state index in [-0.39, 0.29) is 5.69 Å². The van der Waals surface area contributed by atoms with Crippen LogP contribution in [0, 0.1) is 12.7 Å². The summed E-state index contributed by atoms with van der Waals surface area (Å²) in [5.74, 6) is -1.77. The van der Waals surface area contributed by atoms with Crippen LogP contribution in [0.4, 0.5) is 10.1 Å². The first kappa shape index (κ1) is 19.5. The van der Waals surface area contributed by atoms with E-state index in [1.165, 1.54) is 25.1 Å². The molecule has 1 amide bonds. The second-order valence-electron chi connectivity index (χ2n) is 6.45. The van der Waals surface area contributed by atoms with Crippen LogP contribution >= 0.6 is 0 Å². The number of rotatable bonds is 5. The summed E-state index contributed by atoms with van der Waals surface area (Å²) in [5, 5.41) is 3.11. The zero-order valence-corrected chi connectivity index (χ0v) is 16.0. The first-order chi connectivity index (χ1) is 13.4. The van der Waals surface area contributed by atoms with Gasteiger partial charge in [-0.1, -0.05) is 37.3 Å². The summed E-state index contributed by atoms with van der Waals surface area (Å²) >= 11 is 0. The molecule has 0 aliphatic heterocycles. The SMILES string of the molecule is CCc1nc2ccccc2c(C(=O)O[C@H](C)C(=O)Nc2ccccc2F)c1C. The molecule has 1 N–H and O–H groups in total. The Labute approximate surface area is 162 Å². The summed E-state index contributed by atoms with van der Waals surface area (Å²) in [4.78, 5) is 29.8. The van der Waals surface area contributed by atoms with Gasteiger partial charge < -0.3 is 10.1 Å². The van der Waals surface area contributed by atoms with Crippen LogP contribution in [0.25, 0.3) is 10.9 Å². The predicted octanol–water partition coefficient (Wildman–Crippen LogP) is 4.43. The number of carbonyl (C=O) groups is 2. The molecule has 1 atom stereocenters. The highest BCUT2D eigenvalue weighted by molar-refractivity contribution is 6.06. The fourth-order valence-corrected chi connectivity index (χ4v) is 3.04. The van der Waals surface area contributed by atoms with Crippen LogP contribution in [-0.4, -0.2) is 23.0 Å². The van der Waals surface area contributed by atoms with E-state index in [2.05, 4.69) is 10.3 Å². The standard InChI is InChI=1S/C22H21FN2O3/c1-4-17-13(2)20(15-9-5-7-11-18(15)24-17)22(27)28-14(3)21(26)25-19-12-8-6-10-16(19)23/h5-12,14H,4H2,1-3H3,(H,25,26)/t14-/m1/s1. The molecule has 5 nitrogen and oxygen atoms in total. The molecule has 6 heteroatoms. The maximum atomic E-state index is 13.7. The van der Waals surface area contributed by atoms with Crippen LogP contribution in [0.1, 0.15) is 35.5 Å². The van der Waals surface area contributed by atoms with E-state index in [9.17, 15) is 14.0 Å². The number of aromatic nitrogens is 1. The fourth-order valence-electron chi connectivity index (χ4n) is 3.04. The van der Waals surface area contributed by atoms with Crippen LogP contribution < -0.4 is 5.32 Å². The van der Waals surface area contributed by atoms with E-state index in [4.69, 9.17) is 4.74 Å². The third-order valence-corrected chi connectivity index (χ3v) is 4.56. The van der Waals surface area contributed by atoms with Crippen molar-refractivity contribution in [3.05, 3.63) is 71.2 Å². The van der Waals surface area contributed by atoms with Crippen molar-refractivity contribution in [1.29, 1.82) is 0 Å². The topological polar surface area (TPSA) is 68.3 Å². The van der Waals surface area contributed by atoms with Crippen molar-refractivity contribution in [1.82, 2.24) is 4.98 Å². The fraction of sp³-hybridized carbons (Fsp3) is 0.227. The zero-order chi connectivity index (χ0) is 20.3. The highest BCUT2D eigenvalue weighted by Crippen LogP contribution is 2.25. The number of benzene rings is 2. The molecule has 0 fully saturated rings. The largest absolute Gasteiger partial charge is 0.449 e. The Kier molecular flexibility index (Phi) is 5.68. The van der Waals surface area contributed by atoms with Crippen LogP contribution in [0.5, 0.6) is 0 Å². The summed E-state index contributed by atoms with van der Waals surface area (Å²) in [7, 11) is 0. The quantitative estimate of drug-likeness (QED) is 0.665. The third-order valence-electron chi connectivity index (χ3n) is 4.56. The molecule has 0 saturated heterocycles. The molecule has 3 rings (SSSR count). The van der Waals surface area contributed by atoms with Crippen LogP contribution in [0.3, 0.4) is 0 Å². The molecule has 0 aliphatic carbocycles. The van der Waals surface area contributed by atoms with Gasteiger partial charge in [0.1, 0.15) is 5.82 Å². The monoisotopic (exact) mass is 380 g/mol. The maximum absolute atomic E-state index is 13.7. The number of para-hydroxylation sites is 2. The van der Waals surface area contributed by atoms with Gasteiger partial charge in [-0.3, -0.25) is 9.78 Å². The number of nitrogens with one attached hydrogen (secondary N) is 1. The number of ether oxygens (including phenoxy) is 1. The minimum absolute atomic E-state index is 0.0363. The van der Waals surface area contributed by atoms with Crippen LogP contribution in [0.15, 0.2) is 48.5 Å². The van der Waals surface area contributed by atoms with Crippen molar-refractivity contribution in [3.8, 4) is 0 Å². The van der Waals surface area contributed by atoms with Crippen molar-refractivity contribution in [2.24, 2.45) is 0 Å². The molecule has 0 bridgehead atoms. The van der Waals surface area contributed by atoms with E-state index in [1.807, 2.05) is 32.0 Å². The Bertz CT molecular complexity index is 1050. The third kappa shape index (κ3) is 3.86. The lowest BCUT2D eigenvalue weighted by Crippen LogP contribution is -2.30. The molecule has 0 unspecified atom stereocenters. The van der Waals surface area contributed by atoms with Gasteiger partial charge in [0.2, 0.25) is 0 Å². The molecule has 0 saturated carbocycles. The van der Waals surface area contributed by atoms with Crippen molar-refractivity contribution in [3.63, 3.8) is 0 Å². The number of amides is 1. The molecular weight excluding hydrogens is 359 g/mol. The van der Waals surface area contributed by atoms with Crippen molar-refractivity contribution in [2.75, 3.05) is 5.32 Å². The number of aryl methyl sites for hydroxylation is 1. The van der Waals surface area contributed by atoms with Gasteiger partial charge >= 0.3 is 5.97 Å². The molecule has 0 spiro atoms. The summed E-state index contributed by atoms with van der Waals surface area (Å²) in [6.07, 6.45) is -0.427. The predicted molar refractivity (Wildman–Crippen MR) is 106 cm³/mol. The normalized spacial score (nSPS) is 11.9. The van der Waals surface area contributed by atoms with E-state index >= 15 is 0 Å². The Hall–Kier alpha value is -3.28. The lowest BCUT2D eigenvalue weighted by Gasteiger charge is -2.17. The van der Waals surface area contributed by atoms with E-state index in [0.717, 1.165) is 11.3 Å². The molecule has 2 aromatic carbocycles. The lowest BCUT2D eigenvalue weighted by atomic mass is 10.0. The summed E-state index contributed by atoms with van der Waals surface area (Å²) < 4.78 is 19.1. The molecule has 0 aliphatic rings. The van der Waals surface area contributed by atoms with Crippen molar-refractivity contribution < 1.29 is 18.7 Å². The number of hydrogen-bond acceptors (Lipinski definition) is 4. The average molecular weight is 380 g/mol. The summed E-state index contributed by atoms with van der Waals surface area (Å²) in [5.41, 5.74) is 2.66. The molecule has 144 valence electrons. The van der Waals surface area contributed by atoms with E-state index < -0.39 is 23.8 Å². The first-order valence-corrected chi connectivity index (χ1v) is 9.07. The minimum Gasteiger partial charge on any atom is -0.449 e. The summed E-state index contributed by atoms with van der Waals surface area (Å²) in [6.45, 7) is 5.23. The molecular formula is C22H21FN2O3. The number of anilines is 1. The number of esters is 1. The number of halogens is 1. The highest BCUT2D eigenvalue weighted by atomic mass is 19.1. The van der Waals surface area contributed by atoms with E-state index in [1.54, 1.807) is 12.1 Å². The highest BCUT2D eigenvalue weighted by Gasteiger charge is 2.24. The van der Waals surface area contributed by atoms with Gasteiger partial charge in [0.05, 0.1) is 16.8 Å². The minimum atomic E-state index is -1.09. The van der Waals surface area contributed by atoms with Gasteiger partial charge in [0.25, 0.3) is 5.91 Å². The van der Waals surface area contributed by atoms with Crippen LogP contribution in [0.2, 0.25) is 0 Å². The molecule has 3 aromatic rings. The Morgan fingerprint density at radius 3 is 2.54 bits per heavy atom. The molecule has 28 heavy (non-hydrogen) atoms. The second kappa shape index (κ2) is 8.17. The van der Waals surface area contributed by atoms with Gasteiger partial charge in [-0.15, -0.1) is 0 Å². The van der Waals surface area contributed by atoms with E-state index in [0.29, 0.717) is 22.9 Å². The first-order valence-electron chi connectivity index (χ1n) is 9.07. The van der Waals surface area contributed by atoms with Crippen molar-refractivity contribution in [2.45, 2.75) is 33.3 Å². The smallest absolute Gasteiger partial charge is 0.339 e. The van der Waals surface area contributed by atoms with Crippen LogP contribution in [-0.2, 0) is 16.0 Å². The zero-order valence-electron chi connectivity index (χ0n) is 16.0.